The molecule has 5 heteroatoms. The summed E-state index contributed by atoms with van der Waals surface area (Å²) in [7, 11) is 1.53. The van der Waals surface area contributed by atoms with Gasteiger partial charge >= 0.3 is 5.97 Å². The topological polar surface area (TPSA) is 59.3 Å². The van der Waals surface area contributed by atoms with Gasteiger partial charge in [-0.15, -0.1) is 11.8 Å². The van der Waals surface area contributed by atoms with Crippen molar-refractivity contribution >= 4 is 17.7 Å². The second-order valence-corrected chi connectivity index (χ2v) is 6.55. The first kappa shape index (κ1) is 18.6. The Bertz CT molecular complexity index is 990. The highest BCUT2D eigenvalue weighted by molar-refractivity contribution is 7.98. The fourth-order valence-corrected chi connectivity index (χ4v) is 3.01. The van der Waals surface area contributed by atoms with Crippen molar-refractivity contribution in [3.05, 3.63) is 77.9 Å². The molecule has 4 nitrogen and oxygen atoms in total. The van der Waals surface area contributed by atoms with Crippen molar-refractivity contribution in [2.45, 2.75) is 4.90 Å². The minimum Gasteiger partial charge on any atom is -0.496 e. The molecule has 0 heterocycles. The van der Waals surface area contributed by atoms with Crippen LogP contribution in [0, 0.1) is 11.3 Å². The summed E-state index contributed by atoms with van der Waals surface area (Å²) in [5.74, 6) is 0.472. The third kappa shape index (κ3) is 4.30. The van der Waals surface area contributed by atoms with E-state index in [1.165, 1.54) is 7.11 Å². The van der Waals surface area contributed by atoms with Crippen molar-refractivity contribution in [1.29, 1.82) is 5.26 Å². The monoisotopic (exact) mass is 375 g/mol. The molecule has 0 fully saturated rings. The Hall–Kier alpha value is -3.23. The van der Waals surface area contributed by atoms with Crippen molar-refractivity contribution in [3.63, 3.8) is 0 Å². The molecule has 3 aromatic carbocycles. The molecule has 0 aliphatic rings. The molecular weight excluding hydrogens is 358 g/mol. The summed E-state index contributed by atoms with van der Waals surface area (Å²) in [6.45, 7) is 0. The molecule has 0 saturated heterocycles. The van der Waals surface area contributed by atoms with Gasteiger partial charge in [0.1, 0.15) is 17.1 Å². The van der Waals surface area contributed by atoms with E-state index >= 15 is 0 Å². The fraction of sp³-hybridized carbons (Fsp3) is 0.0909. The summed E-state index contributed by atoms with van der Waals surface area (Å²) in [6, 6.07) is 22.0. The number of methoxy groups -OCH3 is 1. The van der Waals surface area contributed by atoms with Crippen LogP contribution in [-0.4, -0.2) is 19.3 Å². The number of nitriles is 1. The van der Waals surface area contributed by atoms with Crippen LogP contribution < -0.4 is 9.47 Å². The van der Waals surface area contributed by atoms with E-state index in [1.54, 1.807) is 42.1 Å². The van der Waals surface area contributed by atoms with Gasteiger partial charge in [0.05, 0.1) is 18.7 Å². The molecule has 0 aliphatic carbocycles. The van der Waals surface area contributed by atoms with E-state index < -0.39 is 5.97 Å². The molecule has 3 aromatic rings. The molecule has 0 bridgehead atoms. The second kappa shape index (κ2) is 8.43. The minimum absolute atomic E-state index is 0.381. The van der Waals surface area contributed by atoms with Gasteiger partial charge in [-0.05, 0) is 59.8 Å². The highest BCUT2D eigenvalue weighted by Gasteiger charge is 2.15. The number of nitrogens with zero attached hydrogens (tertiary/aromatic N) is 1. The average molecular weight is 375 g/mol. The van der Waals surface area contributed by atoms with Gasteiger partial charge in [0, 0.05) is 4.90 Å². The van der Waals surface area contributed by atoms with Crippen LogP contribution >= 0.6 is 11.8 Å². The van der Waals surface area contributed by atoms with Crippen LogP contribution in [0.15, 0.2) is 71.6 Å². The Balaban J connectivity index is 1.76. The lowest BCUT2D eigenvalue weighted by atomic mass is 10.0. The number of carbonyl (C=O) groups excluding carboxylic acids is 1. The number of hydrogen-bond donors (Lipinski definition) is 0. The summed E-state index contributed by atoms with van der Waals surface area (Å²) in [5, 5.41) is 8.87. The van der Waals surface area contributed by atoms with Crippen LogP contribution in [-0.2, 0) is 0 Å². The Morgan fingerprint density at radius 2 is 1.59 bits per heavy atom. The van der Waals surface area contributed by atoms with Crippen LogP contribution in [0.1, 0.15) is 15.9 Å². The molecule has 27 heavy (non-hydrogen) atoms. The van der Waals surface area contributed by atoms with Gasteiger partial charge in [-0.2, -0.15) is 5.26 Å². The smallest absolute Gasteiger partial charge is 0.347 e. The highest BCUT2D eigenvalue weighted by atomic mass is 32.2. The predicted octanol–water partition coefficient (Wildman–Crippen LogP) is 5.17. The first-order chi connectivity index (χ1) is 13.1. The van der Waals surface area contributed by atoms with Gasteiger partial charge in [0.15, 0.2) is 0 Å². The van der Waals surface area contributed by atoms with E-state index in [0.717, 1.165) is 16.0 Å². The summed E-state index contributed by atoms with van der Waals surface area (Å²) in [5.41, 5.74) is 2.96. The number of rotatable bonds is 5. The number of thioether (sulfide) groups is 1. The quantitative estimate of drug-likeness (QED) is 0.350. The van der Waals surface area contributed by atoms with Crippen molar-refractivity contribution in [2.75, 3.05) is 13.4 Å². The number of ether oxygens (including phenoxy) is 2. The van der Waals surface area contributed by atoms with E-state index in [9.17, 15) is 4.79 Å². The molecule has 0 aromatic heterocycles. The molecule has 0 aliphatic heterocycles. The first-order valence-electron chi connectivity index (χ1n) is 8.19. The van der Waals surface area contributed by atoms with Crippen molar-refractivity contribution < 1.29 is 14.3 Å². The zero-order chi connectivity index (χ0) is 19.2. The molecule has 0 atom stereocenters. The van der Waals surface area contributed by atoms with Crippen LogP contribution in [0.4, 0.5) is 0 Å². The van der Waals surface area contributed by atoms with E-state index in [4.69, 9.17) is 14.7 Å². The Labute approximate surface area is 162 Å². The average Bonchev–Trinajstić information content (AvgIpc) is 2.73. The molecule has 0 saturated carbocycles. The largest absolute Gasteiger partial charge is 0.496 e. The van der Waals surface area contributed by atoms with Crippen LogP contribution in [0.25, 0.3) is 11.1 Å². The van der Waals surface area contributed by atoms with Crippen molar-refractivity contribution in [1.82, 2.24) is 0 Å². The van der Waals surface area contributed by atoms with Crippen LogP contribution in [0.5, 0.6) is 11.5 Å². The Kier molecular flexibility index (Phi) is 5.80. The van der Waals surface area contributed by atoms with Crippen molar-refractivity contribution in [3.8, 4) is 28.7 Å². The minimum atomic E-state index is -0.467. The lowest BCUT2D eigenvalue weighted by Gasteiger charge is -2.10. The van der Waals surface area contributed by atoms with E-state index in [-0.39, 0.29) is 0 Å². The van der Waals surface area contributed by atoms with E-state index in [0.29, 0.717) is 22.6 Å². The molecule has 0 amide bonds. The molecule has 0 spiro atoms. The summed E-state index contributed by atoms with van der Waals surface area (Å²) >= 11 is 1.57. The first-order valence-corrected chi connectivity index (χ1v) is 9.42. The number of benzene rings is 3. The third-order valence-electron chi connectivity index (χ3n) is 4.04. The molecule has 0 radical (unpaired) electrons. The SMILES string of the molecule is COc1cc(SC)ccc1C(=O)Oc1ccc(-c2ccc(C#N)cc2)cc1. The molecule has 0 N–H and O–H groups in total. The maximum Gasteiger partial charge on any atom is 0.347 e. The molecular formula is C22H17NO3S. The van der Waals surface area contributed by atoms with E-state index in [2.05, 4.69) is 6.07 Å². The van der Waals surface area contributed by atoms with Gasteiger partial charge in [0.25, 0.3) is 0 Å². The standard InChI is InChI=1S/C22H17NO3S/c1-25-21-13-19(27-2)11-12-20(21)22(24)26-18-9-7-17(8-10-18)16-5-3-15(14-23)4-6-16/h3-13H,1-2H3. The number of carbonyl (C=O) groups is 1. The summed E-state index contributed by atoms with van der Waals surface area (Å²) < 4.78 is 10.8. The number of hydrogen-bond acceptors (Lipinski definition) is 5. The normalized spacial score (nSPS) is 10.1. The van der Waals surface area contributed by atoms with Crippen molar-refractivity contribution in [2.24, 2.45) is 0 Å². The van der Waals surface area contributed by atoms with Gasteiger partial charge in [0.2, 0.25) is 0 Å². The molecule has 134 valence electrons. The summed E-state index contributed by atoms with van der Waals surface area (Å²) in [6.07, 6.45) is 1.96. The van der Waals surface area contributed by atoms with Gasteiger partial charge < -0.3 is 9.47 Å². The maximum atomic E-state index is 12.5. The van der Waals surface area contributed by atoms with Crippen LogP contribution in [0.2, 0.25) is 0 Å². The zero-order valence-electron chi connectivity index (χ0n) is 14.9. The second-order valence-electron chi connectivity index (χ2n) is 5.67. The highest BCUT2D eigenvalue weighted by Crippen LogP contribution is 2.27. The van der Waals surface area contributed by atoms with E-state index in [1.807, 2.05) is 42.7 Å². The van der Waals surface area contributed by atoms with Gasteiger partial charge in [-0.1, -0.05) is 24.3 Å². The predicted molar refractivity (Wildman–Crippen MR) is 106 cm³/mol. The third-order valence-corrected chi connectivity index (χ3v) is 4.77. The van der Waals surface area contributed by atoms with Gasteiger partial charge in [-0.3, -0.25) is 0 Å². The Morgan fingerprint density at radius 1 is 0.963 bits per heavy atom. The molecule has 0 unspecified atom stereocenters. The summed E-state index contributed by atoms with van der Waals surface area (Å²) in [4.78, 5) is 13.5. The molecule has 3 rings (SSSR count). The number of esters is 1. The zero-order valence-corrected chi connectivity index (χ0v) is 15.7. The van der Waals surface area contributed by atoms with Gasteiger partial charge in [-0.25, -0.2) is 4.79 Å². The lowest BCUT2D eigenvalue weighted by Crippen LogP contribution is -2.10. The maximum absolute atomic E-state index is 12.5. The van der Waals surface area contributed by atoms with Crippen LogP contribution in [0.3, 0.4) is 0 Å². The Morgan fingerprint density at radius 3 is 2.15 bits per heavy atom. The fourth-order valence-electron chi connectivity index (χ4n) is 2.58. The lowest BCUT2D eigenvalue weighted by molar-refractivity contribution is 0.0731.